The number of aromatic nitrogens is 1. The van der Waals surface area contributed by atoms with Gasteiger partial charge in [-0.1, -0.05) is 19.2 Å². The van der Waals surface area contributed by atoms with Crippen molar-refractivity contribution in [3.8, 4) is 0 Å². The second-order valence-corrected chi connectivity index (χ2v) is 3.39. The lowest BCUT2D eigenvalue weighted by Gasteiger charge is -2.00. The van der Waals surface area contributed by atoms with Gasteiger partial charge in [0.05, 0.1) is 11.5 Å². The minimum atomic E-state index is 0.857. The summed E-state index contributed by atoms with van der Waals surface area (Å²) >= 11 is 0. The Morgan fingerprint density at radius 2 is 2.24 bits per heavy atom. The van der Waals surface area contributed by atoms with Gasteiger partial charge in [-0.3, -0.25) is 4.99 Å². The molecule has 0 aliphatic rings. The normalized spacial score (nSPS) is 14.0. The summed E-state index contributed by atoms with van der Waals surface area (Å²) in [5.41, 5.74) is 0. The van der Waals surface area contributed by atoms with E-state index in [1.54, 1.807) is 30.8 Å². The van der Waals surface area contributed by atoms with Crippen LogP contribution in [0, 0.1) is 0 Å². The molecule has 0 bridgehead atoms. The van der Waals surface area contributed by atoms with E-state index in [-0.39, 0.29) is 0 Å². The van der Waals surface area contributed by atoms with E-state index in [9.17, 15) is 0 Å². The van der Waals surface area contributed by atoms with Crippen molar-refractivity contribution in [3.05, 3.63) is 47.8 Å². The third kappa shape index (κ3) is 3.41. The fourth-order valence-electron chi connectivity index (χ4n) is 1.33. The van der Waals surface area contributed by atoms with Gasteiger partial charge in [-0.05, 0) is 31.2 Å². The quantitative estimate of drug-likeness (QED) is 0.427. The summed E-state index contributed by atoms with van der Waals surface area (Å²) in [7, 11) is 0. The highest BCUT2D eigenvalue weighted by Crippen LogP contribution is 1.85. The van der Waals surface area contributed by atoms with E-state index in [1.807, 2.05) is 30.7 Å². The Morgan fingerprint density at radius 3 is 2.88 bits per heavy atom. The van der Waals surface area contributed by atoms with Crippen LogP contribution in [0.4, 0.5) is 0 Å². The minimum absolute atomic E-state index is 0.857. The van der Waals surface area contributed by atoms with E-state index < -0.39 is 0 Å². The van der Waals surface area contributed by atoms with E-state index in [1.165, 1.54) is 0 Å². The van der Waals surface area contributed by atoms with Crippen molar-refractivity contribution in [2.45, 2.75) is 13.8 Å². The molecule has 1 aromatic rings. The smallest absolute Gasteiger partial charge is 0.109 e. The van der Waals surface area contributed by atoms with Crippen molar-refractivity contribution in [1.29, 1.82) is 0 Å². The predicted molar refractivity (Wildman–Crippen MR) is 75.7 cm³/mol. The van der Waals surface area contributed by atoms with E-state index in [0.717, 1.165) is 16.4 Å². The van der Waals surface area contributed by atoms with Crippen molar-refractivity contribution < 1.29 is 0 Å². The molecule has 88 valence electrons. The summed E-state index contributed by atoms with van der Waals surface area (Å²) in [6.07, 6.45) is 10.6. The van der Waals surface area contributed by atoms with Crippen LogP contribution in [0.1, 0.15) is 13.8 Å². The van der Waals surface area contributed by atoms with Crippen LogP contribution in [0.15, 0.2) is 47.2 Å². The van der Waals surface area contributed by atoms with E-state index in [4.69, 9.17) is 0 Å². The lowest BCUT2D eigenvalue weighted by Crippen LogP contribution is -2.30. The van der Waals surface area contributed by atoms with Gasteiger partial charge >= 0.3 is 0 Å². The number of rotatable bonds is 3. The highest BCUT2D eigenvalue weighted by Gasteiger charge is 1.96. The SMILES string of the molecule is C=C/C=C\N=C(C)n1ccc(=C)/c1=C\N=CC. The van der Waals surface area contributed by atoms with Gasteiger partial charge in [0.1, 0.15) is 5.84 Å². The predicted octanol–water partition coefficient (Wildman–Crippen LogP) is 1.69. The van der Waals surface area contributed by atoms with Crippen molar-refractivity contribution in [2.24, 2.45) is 9.98 Å². The van der Waals surface area contributed by atoms with Gasteiger partial charge in [0, 0.05) is 18.6 Å². The third-order valence-corrected chi connectivity index (χ3v) is 2.19. The van der Waals surface area contributed by atoms with Crippen molar-refractivity contribution in [2.75, 3.05) is 0 Å². The van der Waals surface area contributed by atoms with Crippen LogP contribution in [0.3, 0.4) is 0 Å². The van der Waals surface area contributed by atoms with Crippen LogP contribution in [0.5, 0.6) is 0 Å². The van der Waals surface area contributed by atoms with Gasteiger partial charge in [0.2, 0.25) is 0 Å². The number of hydrogen-bond acceptors (Lipinski definition) is 2. The van der Waals surface area contributed by atoms with Gasteiger partial charge in [0.25, 0.3) is 0 Å². The fourth-order valence-corrected chi connectivity index (χ4v) is 1.33. The Labute approximate surface area is 102 Å². The van der Waals surface area contributed by atoms with E-state index >= 15 is 0 Å². The zero-order valence-electron chi connectivity index (χ0n) is 10.3. The average Bonchev–Trinajstić information content (AvgIpc) is 2.68. The van der Waals surface area contributed by atoms with Crippen LogP contribution < -0.4 is 10.6 Å². The molecule has 0 amide bonds. The Morgan fingerprint density at radius 1 is 1.47 bits per heavy atom. The largest absolute Gasteiger partial charge is 0.303 e. The Balaban J connectivity index is 3.24. The molecular weight excluding hydrogens is 210 g/mol. The van der Waals surface area contributed by atoms with Crippen molar-refractivity contribution in [3.63, 3.8) is 0 Å². The first kappa shape index (κ1) is 12.9. The number of allylic oxidation sites excluding steroid dienone is 2. The molecule has 3 heteroatoms. The molecule has 0 N–H and O–H groups in total. The Kier molecular flexibility index (Phi) is 4.88. The van der Waals surface area contributed by atoms with Crippen molar-refractivity contribution >= 4 is 24.8 Å². The Hall–Kier alpha value is -2.16. The lowest BCUT2D eigenvalue weighted by molar-refractivity contribution is 1.08. The monoisotopic (exact) mass is 227 g/mol. The average molecular weight is 227 g/mol. The second kappa shape index (κ2) is 6.43. The maximum atomic E-state index is 4.29. The topological polar surface area (TPSA) is 29.6 Å². The van der Waals surface area contributed by atoms with Crippen molar-refractivity contribution in [1.82, 2.24) is 4.57 Å². The van der Waals surface area contributed by atoms with Gasteiger partial charge in [-0.25, -0.2) is 4.99 Å². The number of nitrogens with zero attached hydrogens (tertiary/aromatic N) is 3. The number of hydrogen-bond donors (Lipinski definition) is 0. The number of aliphatic imine (C=N–C) groups is 2. The first-order valence-electron chi connectivity index (χ1n) is 5.37. The first-order chi connectivity index (χ1) is 8.20. The zero-order valence-corrected chi connectivity index (χ0v) is 10.3. The summed E-state index contributed by atoms with van der Waals surface area (Å²) in [6, 6.07) is 1.94. The van der Waals surface area contributed by atoms with Gasteiger partial charge < -0.3 is 4.57 Å². The van der Waals surface area contributed by atoms with Crippen LogP contribution in [0.25, 0.3) is 12.8 Å². The Bertz CT molecular complexity index is 571. The molecule has 1 heterocycles. The molecule has 0 saturated carbocycles. The summed E-state index contributed by atoms with van der Waals surface area (Å²) in [5.74, 6) is 0.857. The van der Waals surface area contributed by atoms with Gasteiger partial charge in [-0.15, -0.1) is 0 Å². The second-order valence-electron chi connectivity index (χ2n) is 3.39. The molecule has 0 atom stereocenters. The third-order valence-electron chi connectivity index (χ3n) is 2.19. The molecule has 0 aliphatic heterocycles. The molecule has 3 nitrogen and oxygen atoms in total. The summed E-state index contributed by atoms with van der Waals surface area (Å²) in [4.78, 5) is 8.41. The molecular formula is C14H17N3. The van der Waals surface area contributed by atoms with Crippen LogP contribution in [0.2, 0.25) is 0 Å². The lowest BCUT2D eigenvalue weighted by atomic mass is 10.5. The summed E-state index contributed by atoms with van der Waals surface area (Å²) < 4.78 is 1.95. The van der Waals surface area contributed by atoms with E-state index in [0.29, 0.717) is 0 Å². The van der Waals surface area contributed by atoms with E-state index in [2.05, 4.69) is 23.1 Å². The molecule has 0 unspecified atom stereocenters. The first-order valence-corrected chi connectivity index (χ1v) is 5.37. The molecule has 0 aliphatic carbocycles. The fraction of sp³-hybridized carbons (Fsp3) is 0.143. The summed E-state index contributed by atoms with van der Waals surface area (Å²) in [6.45, 7) is 11.4. The molecule has 1 aromatic heterocycles. The highest BCUT2D eigenvalue weighted by atomic mass is 15.0. The van der Waals surface area contributed by atoms with Gasteiger partial charge in [0.15, 0.2) is 0 Å². The molecule has 17 heavy (non-hydrogen) atoms. The molecule has 0 radical (unpaired) electrons. The molecule has 0 fully saturated rings. The maximum Gasteiger partial charge on any atom is 0.109 e. The highest BCUT2D eigenvalue weighted by molar-refractivity contribution is 5.83. The zero-order chi connectivity index (χ0) is 12.7. The summed E-state index contributed by atoms with van der Waals surface area (Å²) in [5, 5.41) is 1.87. The van der Waals surface area contributed by atoms with Crippen LogP contribution in [-0.4, -0.2) is 16.6 Å². The molecule has 1 rings (SSSR count). The molecule has 0 saturated heterocycles. The standard InChI is InChI=1S/C14H17N3/c1-5-7-9-16-13(4)17-10-8-12(3)14(17)11-15-6-2/h5-11H,1,3H2,2,4H3/b9-7-,14-11+,15-6?,16-13?. The van der Waals surface area contributed by atoms with Gasteiger partial charge in [-0.2, -0.15) is 0 Å². The van der Waals surface area contributed by atoms with Crippen LogP contribution >= 0.6 is 0 Å². The molecule has 0 aromatic carbocycles. The maximum absolute atomic E-state index is 4.29. The molecule has 0 spiro atoms. The van der Waals surface area contributed by atoms with Crippen LogP contribution in [-0.2, 0) is 0 Å². The minimum Gasteiger partial charge on any atom is -0.303 e.